The second-order valence-electron chi connectivity index (χ2n) is 8.67. The highest BCUT2D eigenvalue weighted by atomic mass is 19.1. The van der Waals surface area contributed by atoms with Crippen LogP contribution in [-0.2, 0) is 6.61 Å². The number of rotatable bonds is 7. The third kappa shape index (κ3) is 4.82. The van der Waals surface area contributed by atoms with Crippen molar-refractivity contribution in [3.63, 3.8) is 0 Å². The zero-order valence-corrected chi connectivity index (χ0v) is 20.7. The Hall–Kier alpha value is -4.83. The molecule has 0 aliphatic carbocycles. The van der Waals surface area contributed by atoms with Crippen LogP contribution in [0.1, 0.15) is 28.3 Å². The van der Waals surface area contributed by atoms with E-state index in [1.54, 1.807) is 25.3 Å². The van der Waals surface area contributed by atoms with Crippen LogP contribution in [0.3, 0.4) is 0 Å². The first-order chi connectivity index (χ1) is 18.0. The number of imidazole rings is 1. The summed E-state index contributed by atoms with van der Waals surface area (Å²) in [5, 5.41) is 9.88. The minimum Gasteiger partial charge on any atom is -0.497 e. The van der Waals surface area contributed by atoms with E-state index in [2.05, 4.69) is 20.6 Å². The van der Waals surface area contributed by atoms with Crippen molar-refractivity contribution < 1.29 is 13.9 Å². The van der Waals surface area contributed by atoms with Crippen molar-refractivity contribution in [3.05, 3.63) is 107 Å². The Morgan fingerprint density at radius 2 is 1.81 bits per heavy atom. The lowest BCUT2D eigenvalue weighted by atomic mass is 10.1. The van der Waals surface area contributed by atoms with Gasteiger partial charge in [-0.05, 0) is 74.0 Å². The SMILES string of the molecule is COc1ccc2nc(/C(C#N)=C\c3cc(C)n(-c4ccc(OCc5ccccc5F)cc4)c3C)[nH]c2c1. The number of benzene rings is 3. The fourth-order valence-corrected chi connectivity index (χ4v) is 4.35. The molecule has 0 fully saturated rings. The van der Waals surface area contributed by atoms with Crippen LogP contribution in [0.25, 0.3) is 28.4 Å². The van der Waals surface area contributed by atoms with Gasteiger partial charge in [0, 0.05) is 28.7 Å². The molecule has 5 rings (SSSR count). The lowest BCUT2D eigenvalue weighted by molar-refractivity contribution is 0.300. The molecule has 0 aliphatic heterocycles. The second-order valence-corrected chi connectivity index (χ2v) is 8.67. The summed E-state index contributed by atoms with van der Waals surface area (Å²) in [4.78, 5) is 7.80. The monoisotopic (exact) mass is 492 g/mol. The standard InChI is InChI=1S/C30H25FN4O2/c1-19-14-22(15-23(17-32)30-33-28-13-12-26(36-3)16-29(28)34-30)20(2)35(19)24-8-10-25(11-9-24)37-18-21-6-4-5-7-27(21)31/h4-16H,18H2,1-3H3,(H,33,34)/b23-15-. The molecule has 0 atom stereocenters. The van der Waals surface area contributed by atoms with Gasteiger partial charge in [-0.25, -0.2) is 9.37 Å². The fourth-order valence-electron chi connectivity index (χ4n) is 4.35. The Morgan fingerprint density at radius 3 is 2.54 bits per heavy atom. The molecule has 37 heavy (non-hydrogen) atoms. The molecule has 1 N–H and O–H groups in total. The van der Waals surface area contributed by atoms with Gasteiger partial charge in [0.2, 0.25) is 0 Å². The van der Waals surface area contributed by atoms with Gasteiger partial charge >= 0.3 is 0 Å². The minimum atomic E-state index is -0.280. The first-order valence-corrected chi connectivity index (χ1v) is 11.8. The van der Waals surface area contributed by atoms with E-state index in [4.69, 9.17) is 9.47 Å². The summed E-state index contributed by atoms with van der Waals surface area (Å²) >= 11 is 0. The van der Waals surface area contributed by atoms with E-state index in [1.807, 2.05) is 68.5 Å². The largest absolute Gasteiger partial charge is 0.497 e. The number of aromatic nitrogens is 3. The highest BCUT2D eigenvalue weighted by Crippen LogP contribution is 2.27. The van der Waals surface area contributed by atoms with E-state index in [1.165, 1.54) is 6.07 Å². The number of hydrogen-bond donors (Lipinski definition) is 1. The highest BCUT2D eigenvalue weighted by molar-refractivity contribution is 5.91. The van der Waals surface area contributed by atoms with Crippen LogP contribution in [0.2, 0.25) is 0 Å². The maximum atomic E-state index is 13.9. The molecule has 6 nitrogen and oxygen atoms in total. The molecule has 0 bridgehead atoms. The Balaban J connectivity index is 1.40. The summed E-state index contributed by atoms with van der Waals surface area (Å²) in [6.07, 6.45) is 1.85. The average molecular weight is 493 g/mol. The number of allylic oxidation sites excluding steroid dienone is 1. The normalized spacial score (nSPS) is 11.5. The third-order valence-electron chi connectivity index (χ3n) is 6.28. The topological polar surface area (TPSA) is 75.9 Å². The maximum absolute atomic E-state index is 13.9. The average Bonchev–Trinajstić information content (AvgIpc) is 3.46. The van der Waals surface area contributed by atoms with E-state index in [9.17, 15) is 9.65 Å². The number of nitriles is 1. The number of ether oxygens (including phenoxy) is 2. The number of halogens is 1. The number of fused-ring (bicyclic) bond motifs is 1. The molecule has 0 aliphatic rings. The van der Waals surface area contributed by atoms with Crippen LogP contribution in [0.4, 0.5) is 4.39 Å². The van der Waals surface area contributed by atoms with E-state index in [0.717, 1.165) is 39.4 Å². The molecule has 2 heterocycles. The number of aryl methyl sites for hydroxylation is 1. The van der Waals surface area contributed by atoms with Gasteiger partial charge in [-0.2, -0.15) is 5.26 Å². The van der Waals surface area contributed by atoms with Gasteiger partial charge in [-0.1, -0.05) is 18.2 Å². The van der Waals surface area contributed by atoms with E-state index >= 15 is 0 Å². The van der Waals surface area contributed by atoms with Crippen molar-refractivity contribution in [1.82, 2.24) is 14.5 Å². The van der Waals surface area contributed by atoms with Crippen molar-refractivity contribution in [2.45, 2.75) is 20.5 Å². The molecule has 2 aromatic heterocycles. The lowest BCUT2D eigenvalue weighted by Crippen LogP contribution is -2.01. The lowest BCUT2D eigenvalue weighted by Gasteiger charge is -2.12. The van der Waals surface area contributed by atoms with Gasteiger partial charge in [-0.3, -0.25) is 0 Å². The molecule has 184 valence electrons. The summed E-state index contributed by atoms with van der Waals surface area (Å²) in [7, 11) is 1.61. The van der Waals surface area contributed by atoms with Gasteiger partial charge in [0.25, 0.3) is 0 Å². The number of methoxy groups -OCH3 is 1. The van der Waals surface area contributed by atoms with Gasteiger partial charge in [-0.15, -0.1) is 0 Å². The molecule has 0 radical (unpaired) electrons. The Bertz CT molecular complexity index is 1660. The second kappa shape index (κ2) is 10.0. The molecule has 0 saturated heterocycles. The van der Waals surface area contributed by atoms with E-state index in [-0.39, 0.29) is 12.4 Å². The van der Waals surface area contributed by atoms with Crippen LogP contribution in [0.5, 0.6) is 11.5 Å². The van der Waals surface area contributed by atoms with Gasteiger partial charge in [0.15, 0.2) is 0 Å². The van der Waals surface area contributed by atoms with Crippen LogP contribution >= 0.6 is 0 Å². The van der Waals surface area contributed by atoms with Crippen LogP contribution in [-0.4, -0.2) is 21.6 Å². The third-order valence-corrected chi connectivity index (χ3v) is 6.28. The highest BCUT2D eigenvalue weighted by Gasteiger charge is 2.14. The smallest absolute Gasteiger partial charge is 0.149 e. The van der Waals surface area contributed by atoms with E-state index in [0.29, 0.717) is 22.7 Å². The Morgan fingerprint density at radius 1 is 1.05 bits per heavy atom. The van der Waals surface area contributed by atoms with Gasteiger partial charge < -0.3 is 19.0 Å². The number of H-pyrrole nitrogens is 1. The van der Waals surface area contributed by atoms with Crippen LogP contribution < -0.4 is 9.47 Å². The molecule has 3 aromatic carbocycles. The predicted molar refractivity (Wildman–Crippen MR) is 142 cm³/mol. The first kappa shape index (κ1) is 23.9. The summed E-state index contributed by atoms with van der Waals surface area (Å²) in [5.74, 6) is 1.60. The van der Waals surface area contributed by atoms with E-state index < -0.39 is 0 Å². The first-order valence-electron chi connectivity index (χ1n) is 11.8. The molecule has 5 aromatic rings. The minimum absolute atomic E-state index is 0.161. The van der Waals surface area contributed by atoms with Crippen molar-refractivity contribution >= 4 is 22.7 Å². The number of nitrogens with zero attached hydrogens (tertiary/aromatic N) is 3. The molecular formula is C30H25FN4O2. The zero-order valence-electron chi connectivity index (χ0n) is 20.7. The molecule has 0 unspecified atom stereocenters. The molecule has 0 amide bonds. The van der Waals surface area contributed by atoms with Crippen molar-refractivity contribution in [2.75, 3.05) is 7.11 Å². The molecule has 7 heteroatoms. The number of aromatic amines is 1. The summed E-state index contributed by atoms with van der Waals surface area (Å²) in [5.41, 5.74) is 6.41. The maximum Gasteiger partial charge on any atom is 0.149 e. The molecule has 0 spiro atoms. The van der Waals surface area contributed by atoms with Crippen molar-refractivity contribution in [2.24, 2.45) is 0 Å². The molecule has 0 saturated carbocycles. The number of hydrogen-bond acceptors (Lipinski definition) is 4. The summed E-state index contributed by atoms with van der Waals surface area (Å²) < 4.78 is 27.0. The van der Waals surface area contributed by atoms with Crippen molar-refractivity contribution in [3.8, 4) is 23.3 Å². The number of nitrogens with one attached hydrogen (secondary N) is 1. The Kier molecular flexibility index (Phi) is 6.48. The summed E-state index contributed by atoms with van der Waals surface area (Å²) in [6, 6.07) is 24.1. The van der Waals surface area contributed by atoms with Gasteiger partial charge in [0.1, 0.15) is 35.8 Å². The van der Waals surface area contributed by atoms with Crippen molar-refractivity contribution in [1.29, 1.82) is 5.26 Å². The zero-order chi connectivity index (χ0) is 25.9. The van der Waals surface area contributed by atoms with Crippen LogP contribution in [0.15, 0.2) is 72.8 Å². The Labute approximate surface area is 214 Å². The predicted octanol–water partition coefficient (Wildman–Crippen LogP) is 6.76. The van der Waals surface area contributed by atoms with Gasteiger partial charge in [0.05, 0.1) is 23.7 Å². The fraction of sp³-hybridized carbons (Fsp3) is 0.133. The summed E-state index contributed by atoms with van der Waals surface area (Å²) in [6.45, 7) is 4.19. The quantitative estimate of drug-likeness (QED) is 0.255. The molecular weight excluding hydrogens is 467 g/mol. The van der Waals surface area contributed by atoms with Crippen LogP contribution in [0, 0.1) is 31.0 Å².